The summed E-state index contributed by atoms with van der Waals surface area (Å²) in [6.45, 7) is 0.468. The standard InChI is InChI=1S/C30H30F3N5O6.C9H13NO.C8H8F2/c1-37(23-4-6-24(44-2)7-5-23)30(43)26(13-19-11-21(32)14-22(33)12-19)36-29(42)17-38(16-28(41)34-9-10-39)27-8-3-20(31)15-25(27)35-18-40;1-10(2)8-4-6-9(11-3)7-5-8;1-2-6-3-7(9)5-8(10)4-6/h3-8,10-12,14-15,18,26H,9,13,16-17H2,1-2H3,(H,34,41)(H,35,40)(H,36,42);4-7H,1-3H3;3-5H,2H2,1H3. The van der Waals surface area contributed by atoms with Gasteiger partial charge in [-0.15, -0.1) is 0 Å². The van der Waals surface area contributed by atoms with Crippen LogP contribution in [0.25, 0.3) is 0 Å². The Balaban J connectivity index is 0.000000431. The number of anilines is 4. The molecular formula is C47H51F5N6O7. The molecule has 1 atom stereocenters. The fourth-order valence-corrected chi connectivity index (χ4v) is 6.01. The van der Waals surface area contributed by atoms with Crippen molar-refractivity contribution in [3.05, 3.63) is 143 Å². The lowest BCUT2D eigenvalue weighted by Crippen LogP contribution is -2.52. The number of nitrogens with zero attached hydrogens (tertiary/aromatic N) is 3. The molecule has 0 spiro atoms. The van der Waals surface area contributed by atoms with Gasteiger partial charge in [-0.25, -0.2) is 22.0 Å². The van der Waals surface area contributed by atoms with E-state index in [0.717, 1.165) is 36.1 Å². The SMILES string of the molecule is CCc1cc(F)cc(F)c1.COc1ccc(N(C)C(=O)C(Cc2cc(F)cc(F)c2)NC(=O)CN(CC(=O)NCC=O)c2ccc(F)cc2NC=O)cc1.COc1ccc(N(C)C)cc1. The van der Waals surface area contributed by atoms with E-state index >= 15 is 0 Å². The largest absolute Gasteiger partial charge is 0.497 e. The molecule has 18 heteroatoms. The highest BCUT2D eigenvalue weighted by Crippen LogP contribution is 2.27. The quantitative estimate of drug-likeness (QED) is 0.0664. The summed E-state index contributed by atoms with van der Waals surface area (Å²) in [4.78, 5) is 65.9. The molecule has 5 aromatic carbocycles. The molecule has 0 bridgehead atoms. The Labute approximate surface area is 374 Å². The maximum absolute atomic E-state index is 14.0. The number of halogens is 5. The smallest absolute Gasteiger partial charge is 0.249 e. The summed E-state index contributed by atoms with van der Waals surface area (Å²) in [7, 11) is 8.63. The summed E-state index contributed by atoms with van der Waals surface area (Å²) in [6.07, 6.45) is 1.10. The molecular weight excluding hydrogens is 856 g/mol. The summed E-state index contributed by atoms with van der Waals surface area (Å²) in [5.74, 6) is -4.13. The normalized spacial score (nSPS) is 10.6. The van der Waals surface area contributed by atoms with Crippen molar-refractivity contribution in [1.82, 2.24) is 10.6 Å². The Hall–Kier alpha value is -7.50. The van der Waals surface area contributed by atoms with Gasteiger partial charge in [-0.1, -0.05) is 6.92 Å². The maximum atomic E-state index is 14.0. The highest BCUT2D eigenvalue weighted by molar-refractivity contribution is 6.00. The van der Waals surface area contributed by atoms with Gasteiger partial charge in [0.2, 0.25) is 24.1 Å². The van der Waals surface area contributed by atoms with Crippen LogP contribution >= 0.6 is 0 Å². The van der Waals surface area contributed by atoms with E-state index in [1.54, 1.807) is 31.4 Å². The van der Waals surface area contributed by atoms with Crippen LogP contribution in [0.2, 0.25) is 0 Å². The number of amides is 4. The first kappa shape index (κ1) is 51.8. The van der Waals surface area contributed by atoms with Crippen molar-refractivity contribution in [2.45, 2.75) is 25.8 Å². The molecule has 4 amide bonds. The highest BCUT2D eigenvalue weighted by atomic mass is 19.1. The minimum Gasteiger partial charge on any atom is -0.497 e. The van der Waals surface area contributed by atoms with Crippen molar-refractivity contribution in [1.29, 1.82) is 0 Å². The molecule has 0 fully saturated rings. The molecule has 65 heavy (non-hydrogen) atoms. The summed E-state index contributed by atoms with van der Waals surface area (Å²) in [5, 5.41) is 7.20. The van der Waals surface area contributed by atoms with E-state index in [2.05, 4.69) is 20.9 Å². The van der Waals surface area contributed by atoms with Crippen LogP contribution in [0.4, 0.5) is 44.7 Å². The first-order valence-electron chi connectivity index (χ1n) is 19.9. The number of hydrogen-bond acceptors (Lipinski definition) is 9. The van der Waals surface area contributed by atoms with E-state index in [0.29, 0.717) is 35.8 Å². The maximum Gasteiger partial charge on any atom is 0.249 e. The van der Waals surface area contributed by atoms with Gasteiger partial charge in [-0.3, -0.25) is 19.2 Å². The molecule has 0 aliphatic rings. The molecule has 1 unspecified atom stereocenters. The zero-order chi connectivity index (χ0) is 48.1. The summed E-state index contributed by atoms with van der Waals surface area (Å²) < 4.78 is 76.8. The second kappa shape index (κ2) is 26.2. The number of rotatable bonds is 18. The van der Waals surface area contributed by atoms with E-state index in [4.69, 9.17) is 9.47 Å². The summed E-state index contributed by atoms with van der Waals surface area (Å²) in [5.41, 5.74) is 2.43. The minimum atomic E-state index is -1.33. The number of likely N-dealkylation sites (N-methyl/N-ethyl adjacent to an activating group) is 1. The Morgan fingerprint density at radius 1 is 0.646 bits per heavy atom. The number of carbonyl (C=O) groups is 5. The fourth-order valence-electron chi connectivity index (χ4n) is 6.01. The molecule has 0 heterocycles. The third-order valence-corrected chi connectivity index (χ3v) is 9.27. The molecule has 0 radical (unpaired) electrons. The predicted octanol–water partition coefficient (Wildman–Crippen LogP) is 6.48. The number of benzene rings is 5. The van der Waals surface area contributed by atoms with Crippen molar-refractivity contribution < 1.29 is 55.4 Å². The van der Waals surface area contributed by atoms with E-state index in [-0.39, 0.29) is 36.3 Å². The number of ether oxygens (including phenoxy) is 2. The highest BCUT2D eigenvalue weighted by Gasteiger charge is 2.28. The van der Waals surface area contributed by atoms with Crippen LogP contribution in [0.5, 0.6) is 11.5 Å². The van der Waals surface area contributed by atoms with E-state index in [1.807, 2.05) is 45.3 Å². The molecule has 0 aliphatic carbocycles. The van der Waals surface area contributed by atoms with Crippen LogP contribution in [-0.2, 0) is 36.8 Å². The Morgan fingerprint density at radius 3 is 1.63 bits per heavy atom. The molecule has 3 N–H and O–H groups in total. The first-order chi connectivity index (χ1) is 31.0. The molecule has 346 valence electrons. The second-order valence-corrected chi connectivity index (χ2v) is 14.2. The average Bonchev–Trinajstić information content (AvgIpc) is 3.27. The van der Waals surface area contributed by atoms with Crippen LogP contribution < -0.4 is 40.1 Å². The topological polar surface area (TPSA) is 150 Å². The fraction of sp³-hybridized carbons (Fsp3) is 0.255. The van der Waals surface area contributed by atoms with Gasteiger partial charge in [-0.2, -0.15) is 0 Å². The van der Waals surface area contributed by atoms with Gasteiger partial charge < -0.3 is 44.9 Å². The van der Waals surface area contributed by atoms with Gasteiger partial charge in [0, 0.05) is 51.1 Å². The van der Waals surface area contributed by atoms with Crippen LogP contribution in [-0.4, -0.2) is 91.5 Å². The van der Waals surface area contributed by atoms with Gasteiger partial charge in [0.05, 0.1) is 45.2 Å². The van der Waals surface area contributed by atoms with E-state index < -0.39 is 65.9 Å². The molecule has 0 saturated carbocycles. The van der Waals surface area contributed by atoms with Crippen molar-refractivity contribution in [2.75, 3.05) is 75.0 Å². The number of aldehydes is 1. The molecule has 5 aromatic rings. The van der Waals surface area contributed by atoms with Crippen molar-refractivity contribution in [3.63, 3.8) is 0 Å². The van der Waals surface area contributed by atoms with Crippen LogP contribution in [0, 0.1) is 29.1 Å². The number of aryl methyl sites for hydroxylation is 1. The molecule has 0 saturated heterocycles. The van der Waals surface area contributed by atoms with Gasteiger partial charge in [0.25, 0.3) is 0 Å². The van der Waals surface area contributed by atoms with Gasteiger partial charge >= 0.3 is 0 Å². The lowest BCUT2D eigenvalue weighted by atomic mass is 10.0. The second-order valence-electron chi connectivity index (χ2n) is 14.2. The number of nitrogens with one attached hydrogen (secondary N) is 3. The van der Waals surface area contributed by atoms with E-state index in [9.17, 15) is 45.9 Å². The first-order valence-corrected chi connectivity index (χ1v) is 19.9. The molecule has 0 aliphatic heterocycles. The zero-order valence-electron chi connectivity index (χ0n) is 36.7. The third-order valence-electron chi connectivity index (χ3n) is 9.27. The van der Waals surface area contributed by atoms with Gasteiger partial charge in [0.15, 0.2) is 0 Å². The molecule has 0 aromatic heterocycles. The molecule has 13 nitrogen and oxygen atoms in total. The number of methoxy groups -OCH3 is 2. The Kier molecular flexibility index (Phi) is 20.9. The average molecular weight is 907 g/mol. The summed E-state index contributed by atoms with van der Waals surface area (Å²) >= 11 is 0. The van der Waals surface area contributed by atoms with Gasteiger partial charge in [-0.05, 0) is 109 Å². The monoisotopic (exact) mass is 906 g/mol. The van der Waals surface area contributed by atoms with Crippen LogP contribution in [0.3, 0.4) is 0 Å². The zero-order valence-corrected chi connectivity index (χ0v) is 36.7. The van der Waals surface area contributed by atoms with Crippen LogP contribution in [0.1, 0.15) is 18.1 Å². The summed E-state index contributed by atoms with van der Waals surface area (Å²) in [6, 6.07) is 22.6. The van der Waals surface area contributed by atoms with Crippen molar-refractivity contribution in [3.8, 4) is 11.5 Å². The number of hydrogen-bond donors (Lipinski definition) is 3. The third kappa shape index (κ3) is 17.3. The lowest BCUT2D eigenvalue weighted by molar-refractivity contribution is -0.126. The van der Waals surface area contributed by atoms with E-state index in [1.165, 1.54) is 47.8 Å². The van der Waals surface area contributed by atoms with Crippen molar-refractivity contribution in [2.24, 2.45) is 0 Å². The minimum absolute atomic E-state index is 0.0573. The Bertz CT molecular complexity index is 2310. The Morgan fingerprint density at radius 2 is 1.15 bits per heavy atom. The molecule has 5 rings (SSSR count). The number of carbonyl (C=O) groups excluding carboxylic acids is 5. The lowest BCUT2D eigenvalue weighted by Gasteiger charge is -2.28. The predicted molar refractivity (Wildman–Crippen MR) is 239 cm³/mol. The van der Waals surface area contributed by atoms with Crippen LogP contribution in [0.15, 0.2) is 103 Å². The van der Waals surface area contributed by atoms with Crippen molar-refractivity contribution >= 4 is 53.2 Å². The van der Waals surface area contributed by atoms with Gasteiger partial charge in [0.1, 0.15) is 52.9 Å².